The molecular weight excluding hydrogens is 405 g/mol. The number of nitrogens with zero attached hydrogens (tertiary/aromatic N) is 4. The van der Waals surface area contributed by atoms with Crippen molar-refractivity contribution in [1.29, 1.82) is 0 Å². The lowest BCUT2D eigenvalue weighted by molar-refractivity contribution is 0.195. The zero-order valence-electron chi connectivity index (χ0n) is 17.9. The first-order valence-corrected chi connectivity index (χ1v) is 10.3. The van der Waals surface area contributed by atoms with Gasteiger partial charge in [-0.3, -0.25) is 0 Å². The largest absolute Gasteiger partial charge is 0.331 e. The van der Waals surface area contributed by atoms with Crippen LogP contribution in [0.4, 0.5) is 9.18 Å². The number of urea groups is 1. The minimum atomic E-state index is -0.348. The molecule has 1 heterocycles. The van der Waals surface area contributed by atoms with Gasteiger partial charge in [0.05, 0.1) is 17.8 Å². The summed E-state index contributed by atoms with van der Waals surface area (Å²) in [6.45, 7) is 1.94. The number of hydrogen-bond acceptors (Lipinski definition) is 3. The Morgan fingerprint density at radius 2 is 1.56 bits per heavy atom. The van der Waals surface area contributed by atoms with Gasteiger partial charge in [-0.25, -0.2) is 18.9 Å². The van der Waals surface area contributed by atoms with E-state index in [1.807, 2.05) is 61.5 Å². The number of nitrogens with one attached hydrogen (secondary N) is 1. The van der Waals surface area contributed by atoms with Crippen LogP contribution in [-0.2, 0) is 0 Å². The third-order valence-corrected chi connectivity index (χ3v) is 5.43. The first kappa shape index (κ1) is 21.2. The monoisotopic (exact) mass is 429 g/mol. The Morgan fingerprint density at radius 1 is 0.938 bits per heavy atom. The van der Waals surface area contributed by atoms with Crippen LogP contribution in [0.2, 0.25) is 0 Å². The van der Waals surface area contributed by atoms with Gasteiger partial charge in [-0.1, -0.05) is 54.6 Å². The van der Waals surface area contributed by atoms with Gasteiger partial charge in [-0.2, -0.15) is 5.10 Å². The number of aromatic nitrogens is 3. The van der Waals surface area contributed by atoms with Crippen molar-refractivity contribution >= 4 is 6.03 Å². The maximum atomic E-state index is 13.5. The van der Waals surface area contributed by atoms with Crippen molar-refractivity contribution < 1.29 is 9.18 Å². The SMILES string of the molecule is CC(NC(=O)N(C)C(c1ccccc1)c1ccc(F)cc1)c1ccc(-n2cncn2)cc1. The van der Waals surface area contributed by atoms with Crippen LogP contribution in [0.25, 0.3) is 5.69 Å². The van der Waals surface area contributed by atoms with Gasteiger partial charge in [0, 0.05) is 7.05 Å². The third kappa shape index (κ3) is 4.67. The van der Waals surface area contributed by atoms with E-state index in [0.29, 0.717) is 0 Å². The Kier molecular flexibility index (Phi) is 6.26. The lowest BCUT2D eigenvalue weighted by Gasteiger charge is -2.30. The molecule has 0 spiro atoms. The number of carbonyl (C=O) groups excluding carboxylic acids is 1. The lowest BCUT2D eigenvalue weighted by atomic mass is 9.97. The smallest absolute Gasteiger partial charge is 0.318 e. The van der Waals surface area contributed by atoms with E-state index in [1.54, 1.807) is 35.1 Å². The summed E-state index contributed by atoms with van der Waals surface area (Å²) in [6.07, 6.45) is 3.12. The Balaban J connectivity index is 1.52. The second-order valence-corrected chi connectivity index (χ2v) is 7.58. The molecule has 0 fully saturated rings. The summed E-state index contributed by atoms with van der Waals surface area (Å²) < 4.78 is 15.2. The fourth-order valence-electron chi connectivity index (χ4n) is 3.66. The number of halogens is 1. The van der Waals surface area contributed by atoms with Crippen LogP contribution in [0.5, 0.6) is 0 Å². The first-order valence-electron chi connectivity index (χ1n) is 10.3. The van der Waals surface area contributed by atoms with Crippen molar-refractivity contribution in [3.63, 3.8) is 0 Å². The average molecular weight is 429 g/mol. The van der Waals surface area contributed by atoms with Crippen LogP contribution in [0.3, 0.4) is 0 Å². The van der Waals surface area contributed by atoms with Crippen molar-refractivity contribution in [3.8, 4) is 5.69 Å². The molecular formula is C25H24FN5O. The quantitative estimate of drug-likeness (QED) is 0.474. The highest BCUT2D eigenvalue weighted by atomic mass is 19.1. The van der Waals surface area contributed by atoms with E-state index in [4.69, 9.17) is 0 Å². The molecule has 0 saturated heterocycles. The molecule has 0 aliphatic heterocycles. The second kappa shape index (κ2) is 9.43. The molecule has 2 amide bonds. The molecule has 2 atom stereocenters. The second-order valence-electron chi connectivity index (χ2n) is 7.58. The Labute approximate surface area is 186 Å². The van der Waals surface area contributed by atoms with E-state index in [9.17, 15) is 9.18 Å². The minimum absolute atomic E-state index is 0.209. The summed E-state index contributed by atoms with van der Waals surface area (Å²) in [5.74, 6) is -0.310. The highest BCUT2D eigenvalue weighted by molar-refractivity contribution is 5.75. The molecule has 32 heavy (non-hydrogen) atoms. The summed E-state index contributed by atoms with van der Waals surface area (Å²) in [5.41, 5.74) is 3.64. The molecule has 7 heteroatoms. The highest BCUT2D eigenvalue weighted by Crippen LogP contribution is 2.28. The number of carbonyl (C=O) groups is 1. The summed E-state index contributed by atoms with van der Waals surface area (Å²) in [4.78, 5) is 18.8. The van der Waals surface area contributed by atoms with Crippen LogP contribution in [0, 0.1) is 5.82 Å². The van der Waals surface area contributed by atoms with Crippen molar-refractivity contribution in [2.24, 2.45) is 0 Å². The predicted molar refractivity (Wildman–Crippen MR) is 121 cm³/mol. The number of rotatable bonds is 6. The van der Waals surface area contributed by atoms with Crippen molar-refractivity contribution in [2.45, 2.75) is 19.0 Å². The molecule has 2 unspecified atom stereocenters. The topological polar surface area (TPSA) is 63.1 Å². The van der Waals surface area contributed by atoms with Gasteiger partial charge < -0.3 is 10.2 Å². The number of hydrogen-bond donors (Lipinski definition) is 1. The molecule has 0 bridgehead atoms. The Morgan fingerprint density at radius 3 is 2.19 bits per heavy atom. The lowest BCUT2D eigenvalue weighted by Crippen LogP contribution is -2.41. The van der Waals surface area contributed by atoms with Crippen molar-refractivity contribution in [1.82, 2.24) is 25.0 Å². The predicted octanol–water partition coefficient (Wildman–Crippen LogP) is 4.90. The van der Waals surface area contributed by atoms with E-state index < -0.39 is 0 Å². The third-order valence-electron chi connectivity index (χ3n) is 5.43. The zero-order chi connectivity index (χ0) is 22.5. The molecule has 0 saturated carbocycles. The van der Waals surface area contributed by atoms with Crippen molar-refractivity contribution in [3.05, 3.63) is 114 Å². The standard InChI is InChI=1S/C25H24FN5O/c1-18(19-10-14-23(15-11-19)31-17-27-16-28-31)29-25(32)30(2)24(20-6-4-3-5-7-20)21-8-12-22(26)13-9-21/h3-18,24H,1-2H3,(H,29,32). The molecule has 0 aliphatic carbocycles. The summed E-state index contributed by atoms with van der Waals surface area (Å²) in [5, 5.41) is 7.18. The molecule has 162 valence electrons. The summed E-state index contributed by atoms with van der Waals surface area (Å²) >= 11 is 0. The number of benzene rings is 3. The molecule has 4 rings (SSSR count). The maximum absolute atomic E-state index is 13.5. The Hall–Kier alpha value is -4.00. The van der Waals surface area contributed by atoms with Crippen molar-refractivity contribution in [2.75, 3.05) is 7.05 Å². The Bertz CT molecular complexity index is 1150. The van der Waals surface area contributed by atoms with Gasteiger partial charge in [0.1, 0.15) is 18.5 Å². The molecule has 6 nitrogen and oxygen atoms in total. The number of amides is 2. The fraction of sp³-hybridized carbons (Fsp3) is 0.160. The van der Waals surface area contributed by atoms with E-state index in [-0.39, 0.29) is 23.9 Å². The molecule has 0 aliphatic rings. The average Bonchev–Trinajstić information content (AvgIpc) is 3.36. The molecule has 4 aromatic rings. The van der Waals surface area contributed by atoms with Crippen LogP contribution in [0.1, 0.15) is 35.7 Å². The van der Waals surface area contributed by atoms with Gasteiger partial charge in [0.15, 0.2) is 0 Å². The summed E-state index contributed by atoms with van der Waals surface area (Å²) in [7, 11) is 1.75. The van der Waals surface area contributed by atoms with Crippen LogP contribution in [-0.4, -0.2) is 32.7 Å². The van der Waals surface area contributed by atoms with E-state index in [0.717, 1.165) is 22.4 Å². The molecule has 3 aromatic carbocycles. The van der Waals surface area contributed by atoms with Gasteiger partial charge in [0.25, 0.3) is 0 Å². The van der Waals surface area contributed by atoms with Gasteiger partial charge in [-0.05, 0) is 47.9 Å². The maximum Gasteiger partial charge on any atom is 0.318 e. The molecule has 0 radical (unpaired) electrons. The highest BCUT2D eigenvalue weighted by Gasteiger charge is 2.24. The van der Waals surface area contributed by atoms with E-state index in [2.05, 4.69) is 15.4 Å². The van der Waals surface area contributed by atoms with Gasteiger partial charge in [0.2, 0.25) is 0 Å². The van der Waals surface area contributed by atoms with E-state index >= 15 is 0 Å². The zero-order valence-corrected chi connectivity index (χ0v) is 17.9. The fourth-order valence-corrected chi connectivity index (χ4v) is 3.66. The van der Waals surface area contributed by atoms with E-state index in [1.165, 1.54) is 18.5 Å². The normalized spacial score (nSPS) is 12.7. The van der Waals surface area contributed by atoms with Crippen LogP contribution >= 0.6 is 0 Å². The molecule has 1 aromatic heterocycles. The van der Waals surface area contributed by atoms with Crippen LogP contribution in [0.15, 0.2) is 91.5 Å². The first-order chi connectivity index (χ1) is 15.5. The molecule has 1 N–H and O–H groups in total. The summed E-state index contributed by atoms with van der Waals surface area (Å²) in [6, 6.07) is 22.9. The van der Waals surface area contributed by atoms with Crippen LogP contribution < -0.4 is 5.32 Å². The minimum Gasteiger partial charge on any atom is -0.331 e. The van der Waals surface area contributed by atoms with Gasteiger partial charge in [-0.15, -0.1) is 0 Å². The van der Waals surface area contributed by atoms with Gasteiger partial charge >= 0.3 is 6.03 Å².